The highest BCUT2D eigenvalue weighted by Crippen LogP contribution is 2.27. The van der Waals surface area contributed by atoms with E-state index in [0.29, 0.717) is 12.3 Å². The highest BCUT2D eigenvalue weighted by atomic mass is 35.5. The first kappa shape index (κ1) is 15.9. The summed E-state index contributed by atoms with van der Waals surface area (Å²) in [7, 11) is 1.40. The number of methoxy groups -OCH3 is 1. The quantitative estimate of drug-likeness (QED) is 0.757. The lowest BCUT2D eigenvalue weighted by Crippen LogP contribution is -2.30. The standard InChI is InChI=1S/C12H16Cl2N2O3/c1-19-9-4-6-15-10(11(9)17)12(18)16-7-8(14)3-2-5-13/h4,6,8,17H,2-3,5,7H2,1H3,(H,16,18). The Labute approximate surface area is 121 Å². The fraction of sp³-hybridized carbons (Fsp3) is 0.500. The van der Waals surface area contributed by atoms with Crippen LogP contribution in [0.15, 0.2) is 12.3 Å². The zero-order valence-electron chi connectivity index (χ0n) is 10.5. The molecule has 0 aromatic carbocycles. The van der Waals surface area contributed by atoms with Crippen molar-refractivity contribution in [3.63, 3.8) is 0 Å². The molecule has 7 heteroatoms. The van der Waals surface area contributed by atoms with Crippen molar-refractivity contribution in [2.75, 3.05) is 19.5 Å². The Morgan fingerprint density at radius 2 is 2.37 bits per heavy atom. The van der Waals surface area contributed by atoms with Gasteiger partial charge in [0.1, 0.15) is 0 Å². The zero-order chi connectivity index (χ0) is 14.3. The average molecular weight is 307 g/mol. The fourth-order valence-electron chi connectivity index (χ4n) is 1.46. The van der Waals surface area contributed by atoms with Crippen LogP contribution in [0.1, 0.15) is 23.3 Å². The number of aromatic hydroxyl groups is 1. The molecule has 1 aromatic rings. The topological polar surface area (TPSA) is 71.5 Å². The first-order valence-electron chi connectivity index (χ1n) is 5.80. The third kappa shape index (κ3) is 4.76. The van der Waals surface area contributed by atoms with Crippen LogP contribution < -0.4 is 10.1 Å². The number of aromatic nitrogens is 1. The van der Waals surface area contributed by atoms with Gasteiger partial charge in [0.2, 0.25) is 0 Å². The molecule has 0 fully saturated rings. The number of halogens is 2. The van der Waals surface area contributed by atoms with Gasteiger partial charge >= 0.3 is 0 Å². The van der Waals surface area contributed by atoms with Gasteiger partial charge in [-0.3, -0.25) is 4.79 Å². The van der Waals surface area contributed by atoms with E-state index < -0.39 is 5.91 Å². The number of amides is 1. The summed E-state index contributed by atoms with van der Waals surface area (Å²) in [6.45, 7) is 0.287. The van der Waals surface area contributed by atoms with Crippen LogP contribution in [-0.4, -0.2) is 40.9 Å². The van der Waals surface area contributed by atoms with Crippen molar-refractivity contribution >= 4 is 29.1 Å². The summed E-state index contributed by atoms with van der Waals surface area (Å²) in [6, 6.07) is 1.47. The maximum absolute atomic E-state index is 11.8. The number of hydrogen-bond donors (Lipinski definition) is 2. The SMILES string of the molecule is COc1ccnc(C(=O)NCC(Cl)CCCCl)c1O. The van der Waals surface area contributed by atoms with Gasteiger partial charge in [0.05, 0.1) is 12.5 Å². The van der Waals surface area contributed by atoms with Gasteiger partial charge in [0.15, 0.2) is 17.2 Å². The Kier molecular flexibility index (Phi) is 6.73. The first-order chi connectivity index (χ1) is 9.10. The van der Waals surface area contributed by atoms with Gasteiger partial charge < -0.3 is 15.2 Å². The maximum Gasteiger partial charge on any atom is 0.273 e. The molecule has 1 unspecified atom stereocenters. The summed E-state index contributed by atoms with van der Waals surface area (Å²) in [6.07, 6.45) is 2.89. The first-order valence-corrected chi connectivity index (χ1v) is 6.77. The number of carbonyl (C=O) groups excluding carboxylic acids is 1. The second-order valence-corrected chi connectivity index (χ2v) is 4.84. The fourth-order valence-corrected chi connectivity index (χ4v) is 1.84. The lowest BCUT2D eigenvalue weighted by molar-refractivity contribution is 0.0944. The number of nitrogens with zero attached hydrogens (tertiary/aromatic N) is 1. The van der Waals surface area contributed by atoms with Crippen molar-refractivity contribution in [3.8, 4) is 11.5 Å². The molecule has 0 bridgehead atoms. The summed E-state index contributed by atoms with van der Waals surface area (Å²) >= 11 is 11.6. The van der Waals surface area contributed by atoms with E-state index in [2.05, 4.69) is 10.3 Å². The lowest BCUT2D eigenvalue weighted by Gasteiger charge is -2.11. The van der Waals surface area contributed by atoms with Crippen LogP contribution in [0.25, 0.3) is 0 Å². The number of alkyl halides is 2. The minimum absolute atomic E-state index is 0.0828. The average Bonchev–Trinajstić information content (AvgIpc) is 2.42. The third-order valence-electron chi connectivity index (χ3n) is 2.46. The molecule has 0 aliphatic rings. The van der Waals surface area contributed by atoms with Gasteiger partial charge in [-0.25, -0.2) is 4.98 Å². The smallest absolute Gasteiger partial charge is 0.273 e. The molecule has 0 radical (unpaired) electrons. The molecule has 106 valence electrons. The van der Waals surface area contributed by atoms with Crippen molar-refractivity contribution < 1.29 is 14.6 Å². The summed E-state index contributed by atoms with van der Waals surface area (Å²) in [5.74, 6) is -0.0397. The molecule has 2 N–H and O–H groups in total. The van der Waals surface area contributed by atoms with Gasteiger partial charge in [-0.2, -0.15) is 0 Å². The molecular weight excluding hydrogens is 291 g/mol. The van der Waals surface area contributed by atoms with Gasteiger partial charge in [-0.05, 0) is 12.8 Å². The van der Waals surface area contributed by atoms with Crippen LogP contribution in [0, 0.1) is 0 Å². The van der Waals surface area contributed by atoms with Crippen molar-refractivity contribution in [1.82, 2.24) is 10.3 Å². The number of rotatable bonds is 7. The number of carbonyl (C=O) groups is 1. The minimum atomic E-state index is -0.493. The van der Waals surface area contributed by atoms with Crippen molar-refractivity contribution in [3.05, 3.63) is 18.0 Å². The van der Waals surface area contributed by atoms with Crippen molar-refractivity contribution in [2.24, 2.45) is 0 Å². The van der Waals surface area contributed by atoms with E-state index >= 15 is 0 Å². The molecule has 0 aliphatic heterocycles. The predicted molar refractivity (Wildman–Crippen MR) is 74.4 cm³/mol. The summed E-state index contributed by atoms with van der Waals surface area (Å²) in [5, 5.41) is 12.2. The van der Waals surface area contributed by atoms with E-state index in [-0.39, 0.29) is 29.1 Å². The molecule has 0 aliphatic carbocycles. The molecule has 0 saturated heterocycles. The predicted octanol–water partition coefficient (Wildman–Crippen LogP) is 2.15. The van der Waals surface area contributed by atoms with Gasteiger partial charge in [0.25, 0.3) is 5.91 Å². The van der Waals surface area contributed by atoms with E-state index in [1.54, 1.807) is 0 Å². The van der Waals surface area contributed by atoms with Crippen LogP contribution in [0.2, 0.25) is 0 Å². The van der Waals surface area contributed by atoms with Crippen LogP contribution in [0.4, 0.5) is 0 Å². The van der Waals surface area contributed by atoms with E-state index in [4.69, 9.17) is 27.9 Å². The summed E-state index contributed by atoms with van der Waals surface area (Å²) in [4.78, 5) is 15.7. The van der Waals surface area contributed by atoms with E-state index in [0.717, 1.165) is 6.42 Å². The Balaban J connectivity index is 2.59. The highest BCUT2D eigenvalue weighted by molar-refractivity contribution is 6.21. The molecule has 1 heterocycles. The summed E-state index contributed by atoms with van der Waals surface area (Å²) < 4.78 is 4.90. The van der Waals surface area contributed by atoms with Crippen LogP contribution >= 0.6 is 23.2 Å². The van der Waals surface area contributed by atoms with Crippen molar-refractivity contribution in [1.29, 1.82) is 0 Å². The molecule has 5 nitrogen and oxygen atoms in total. The molecule has 1 atom stereocenters. The molecule has 1 rings (SSSR count). The Bertz CT molecular complexity index is 429. The van der Waals surface area contributed by atoms with E-state index in [1.165, 1.54) is 19.4 Å². The van der Waals surface area contributed by atoms with Crippen LogP contribution in [0.3, 0.4) is 0 Å². The minimum Gasteiger partial charge on any atom is -0.503 e. The maximum atomic E-state index is 11.8. The Morgan fingerprint density at radius 3 is 3.00 bits per heavy atom. The number of pyridine rings is 1. The van der Waals surface area contributed by atoms with Gasteiger partial charge in [-0.15, -0.1) is 23.2 Å². The highest BCUT2D eigenvalue weighted by Gasteiger charge is 2.17. The zero-order valence-corrected chi connectivity index (χ0v) is 12.0. The number of nitrogens with one attached hydrogen (secondary N) is 1. The second kappa shape index (κ2) is 8.07. The third-order valence-corrected chi connectivity index (χ3v) is 3.10. The van der Waals surface area contributed by atoms with Gasteiger partial charge in [-0.1, -0.05) is 0 Å². The molecular formula is C12H16Cl2N2O3. The molecule has 19 heavy (non-hydrogen) atoms. The largest absolute Gasteiger partial charge is 0.503 e. The summed E-state index contributed by atoms with van der Waals surface area (Å²) in [5.41, 5.74) is -0.0828. The molecule has 1 aromatic heterocycles. The van der Waals surface area contributed by atoms with Crippen molar-refractivity contribution in [2.45, 2.75) is 18.2 Å². The van der Waals surface area contributed by atoms with Gasteiger partial charge in [0, 0.05) is 24.7 Å². The lowest BCUT2D eigenvalue weighted by atomic mass is 10.2. The number of hydrogen-bond acceptors (Lipinski definition) is 4. The monoisotopic (exact) mass is 306 g/mol. The second-order valence-electron chi connectivity index (χ2n) is 3.85. The molecule has 1 amide bonds. The van der Waals surface area contributed by atoms with Crippen LogP contribution in [0.5, 0.6) is 11.5 Å². The van der Waals surface area contributed by atoms with E-state index in [1.807, 2.05) is 0 Å². The van der Waals surface area contributed by atoms with Crippen LogP contribution in [-0.2, 0) is 0 Å². The Hall–Kier alpha value is -1.20. The molecule has 0 saturated carbocycles. The number of ether oxygens (including phenoxy) is 1. The molecule has 0 spiro atoms. The van der Waals surface area contributed by atoms with E-state index in [9.17, 15) is 9.90 Å². The Morgan fingerprint density at radius 1 is 1.63 bits per heavy atom. The normalized spacial score (nSPS) is 11.9.